The number of rotatable bonds is 13. The van der Waals surface area contributed by atoms with Crippen molar-refractivity contribution in [2.75, 3.05) is 30.3 Å². The molecular formula is C45H45N5O9. The third-order valence-corrected chi connectivity index (χ3v) is 10.1. The Balaban J connectivity index is 1.01. The molecule has 3 heterocycles. The lowest BCUT2D eigenvalue weighted by atomic mass is 10.0. The lowest BCUT2D eigenvalue weighted by Crippen LogP contribution is -2.43. The number of carbonyl (C=O) groups excluding carboxylic acids is 5. The average Bonchev–Trinajstić information content (AvgIpc) is 4.05. The number of oxazole rings is 1. The summed E-state index contributed by atoms with van der Waals surface area (Å²) in [7, 11) is 0. The minimum absolute atomic E-state index is 0.118. The number of anilines is 2. The molecule has 304 valence electrons. The number of carbonyl (C=O) groups is 5. The second kappa shape index (κ2) is 19.0. The average molecular weight is 800 g/mol. The maximum atomic E-state index is 13.4. The molecule has 2 unspecified atom stereocenters. The molecule has 2 aliphatic rings. The fourth-order valence-electron chi connectivity index (χ4n) is 7.15. The smallest absolute Gasteiger partial charge is 0.410 e. The molecular weight excluding hydrogens is 755 g/mol. The minimum atomic E-state index is -0.671. The number of nitrogens with zero attached hydrogens (tertiary/aromatic N) is 3. The molecule has 2 aliphatic heterocycles. The molecule has 1 aromatic heterocycles. The van der Waals surface area contributed by atoms with Gasteiger partial charge in [-0.25, -0.2) is 14.6 Å². The van der Waals surface area contributed by atoms with Crippen molar-refractivity contribution >= 4 is 41.3 Å². The number of nitrogens with one attached hydrogen (secondary N) is 2. The summed E-state index contributed by atoms with van der Waals surface area (Å²) in [5.41, 5.74) is 4.49. The first-order chi connectivity index (χ1) is 28.7. The molecule has 0 bridgehead atoms. The topological polar surface area (TPSA) is 170 Å². The fraction of sp³-hybridized carbons (Fsp3) is 0.289. The summed E-state index contributed by atoms with van der Waals surface area (Å²) in [6, 6.07) is 31.4. The van der Waals surface area contributed by atoms with Crippen LogP contribution in [0.1, 0.15) is 49.6 Å². The van der Waals surface area contributed by atoms with Gasteiger partial charge in [0.1, 0.15) is 37.4 Å². The Labute approximate surface area is 341 Å². The van der Waals surface area contributed by atoms with E-state index in [2.05, 4.69) is 15.6 Å². The molecule has 2 N–H and O–H groups in total. The number of ether oxygens (including phenoxy) is 3. The predicted octanol–water partition coefficient (Wildman–Crippen LogP) is 7.59. The standard InChI is InChI=1S/C45H45N5O9/c1-2-56-39(51)27-38-48-40(32-17-21-34(22-18-32)46-42(52)36-15-9-25-49(36)44(54)57-28-30-11-5-3-6-12-30)41(59-38)33-19-23-35(24-20-33)47-43(53)37-16-10-26-50(37)45(55)58-29-31-13-7-4-8-14-31/h3-8,11-14,17-24,36-37H,2,9-10,15-16,25-29H2,1H3,(H,46,52)(H,47,53). The van der Waals surface area contributed by atoms with E-state index < -0.39 is 30.2 Å². The van der Waals surface area contributed by atoms with Gasteiger partial charge in [0.2, 0.25) is 17.7 Å². The quantitative estimate of drug-likeness (QED) is 0.0894. The van der Waals surface area contributed by atoms with Crippen molar-refractivity contribution in [2.24, 2.45) is 0 Å². The van der Waals surface area contributed by atoms with Crippen molar-refractivity contribution in [1.29, 1.82) is 0 Å². The van der Waals surface area contributed by atoms with Gasteiger partial charge in [-0.3, -0.25) is 24.2 Å². The zero-order chi connectivity index (χ0) is 41.1. The van der Waals surface area contributed by atoms with E-state index in [-0.39, 0.29) is 43.9 Å². The Morgan fingerprint density at radius 2 is 1.12 bits per heavy atom. The molecule has 4 aromatic carbocycles. The van der Waals surface area contributed by atoms with Gasteiger partial charge in [-0.1, -0.05) is 72.8 Å². The molecule has 0 aliphatic carbocycles. The molecule has 59 heavy (non-hydrogen) atoms. The van der Waals surface area contributed by atoms with Gasteiger partial charge in [0, 0.05) is 35.6 Å². The molecule has 0 spiro atoms. The van der Waals surface area contributed by atoms with Gasteiger partial charge in [0.05, 0.1) is 6.61 Å². The maximum absolute atomic E-state index is 13.4. The van der Waals surface area contributed by atoms with Gasteiger partial charge >= 0.3 is 18.2 Å². The summed E-state index contributed by atoms with van der Waals surface area (Å²) < 4.78 is 22.3. The van der Waals surface area contributed by atoms with Crippen LogP contribution in [0.3, 0.4) is 0 Å². The van der Waals surface area contributed by atoms with Crippen molar-refractivity contribution in [3.63, 3.8) is 0 Å². The normalized spacial score (nSPS) is 16.0. The van der Waals surface area contributed by atoms with Crippen molar-refractivity contribution in [1.82, 2.24) is 14.8 Å². The van der Waals surface area contributed by atoms with Crippen LogP contribution < -0.4 is 10.6 Å². The van der Waals surface area contributed by atoms with Crippen LogP contribution in [0.15, 0.2) is 114 Å². The van der Waals surface area contributed by atoms with E-state index >= 15 is 0 Å². The highest BCUT2D eigenvalue weighted by Crippen LogP contribution is 2.35. The summed E-state index contributed by atoms with van der Waals surface area (Å²) in [6.07, 6.45) is 1.14. The van der Waals surface area contributed by atoms with E-state index in [1.807, 2.05) is 60.7 Å². The largest absolute Gasteiger partial charge is 0.466 e. The lowest BCUT2D eigenvalue weighted by molar-refractivity contribution is -0.142. The van der Waals surface area contributed by atoms with Gasteiger partial charge in [-0.05, 0) is 80.1 Å². The summed E-state index contributed by atoms with van der Waals surface area (Å²) in [5, 5.41) is 5.84. The van der Waals surface area contributed by atoms with E-state index in [1.165, 1.54) is 9.80 Å². The van der Waals surface area contributed by atoms with Crippen LogP contribution in [0.25, 0.3) is 22.6 Å². The van der Waals surface area contributed by atoms with Crippen LogP contribution >= 0.6 is 0 Å². The second-order valence-electron chi connectivity index (χ2n) is 14.2. The number of amides is 4. The monoisotopic (exact) mass is 799 g/mol. The Bertz CT molecular complexity index is 2100. The first-order valence-corrected chi connectivity index (χ1v) is 19.7. The van der Waals surface area contributed by atoms with Crippen LogP contribution in [0, 0.1) is 0 Å². The first kappa shape index (κ1) is 40.2. The number of hydrogen-bond donors (Lipinski definition) is 2. The first-order valence-electron chi connectivity index (χ1n) is 19.7. The van der Waals surface area contributed by atoms with Gasteiger partial charge in [-0.15, -0.1) is 0 Å². The molecule has 14 nitrogen and oxygen atoms in total. The molecule has 2 atom stereocenters. The zero-order valence-corrected chi connectivity index (χ0v) is 32.6. The summed E-state index contributed by atoms with van der Waals surface area (Å²) in [5.74, 6) is -0.582. The number of likely N-dealkylation sites (tertiary alicyclic amines) is 2. The van der Waals surface area contributed by atoms with Gasteiger partial charge in [-0.2, -0.15) is 0 Å². The molecule has 14 heteroatoms. The molecule has 7 rings (SSSR count). The number of aromatic nitrogens is 1. The SMILES string of the molecule is CCOC(=O)Cc1nc(-c2ccc(NC(=O)C3CCCN3C(=O)OCc3ccccc3)cc2)c(-c2ccc(NC(=O)C3CCCN3C(=O)OCc3ccccc3)cc2)o1. The molecule has 5 aromatic rings. The molecule has 2 fully saturated rings. The number of hydrogen-bond acceptors (Lipinski definition) is 10. The van der Waals surface area contributed by atoms with Gasteiger partial charge < -0.3 is 29.3 Å². The van der Waals surface area contributed by atoms with E-state index in [1.54, 1.807) is 55.5 Å². The minimum Gasteiger partial charge on any atom is -0.466 e. The highest BCUT2D eigenvalue weighted by molar-refractivity contribution is 5.98. The van der Waals surface area contributed by atoms with Gasteiger partial charge in [0.25, 0.3) is 0 Å². The summed E-state index contributed by atoms with van der Waals surface area (Å²) in [4.78, 5) is 72.5. The maximum Gasteiger partial charge on any atom is 0.410 e. The van der Waals surface area contributed by atoms with Crippen molar-refractivity contribution in [2.45, 2.75) is 64.3 Å². The Morgan fingerprint density at radius 3 is 1.59 bits per heavy atom. The molecule has 0 saturated carbocycles. The Hall–Kier alpha value is -6.96. The van der Waals surface area contributed by atoms with Crippen molar-refractivity contribution < 1.29 is 42.6 Å². The van der Waals surface area contributed by atoms with Crippen LogP contribution in [0.4, 0.5) is 21.0 Å². The van der Waals surface area contributed by atoms with Crippen LogP contribution in [0.5, 0.6) is 0 Å². The van der Waals surface area contributed by atoms with E-state index in [0.717, 1.165) is 11.1 Å². The summed E-state index contributed by atoms with van der Waals surface area (Å²) in [6.45, 7) is 3.01. The third kappa shape index (κ3) is 10.1. The van der Waals surface area contributed by atoms with Gasteiger partial charge in [0.15, 0.2) is 5.76 Å². The highest BCUT2D eigenvalue weighted by atomic mass is 16.6. The van der Waals surface area contributed by atoms with Crippen molar-refractivity contribution in [3.05, 3.63) is 126 Å². The van der Waals surface area contributed by atoms with Crippen LogP contribution in [0.2, 0.25) is 0 Å². The molecule has 2 saturated heterocycles. The highest BCUT2D eigenvalue weighted by Gasteiger charge is 2.36. The molecule has 0 radical (unpaired) electrons. The third-order valence-electron chi connectivity index (χ3n) is 10.1. The number of esters is 1. The van der Waals surface area contributed by atoms with E-state index in [9.17, 15) is 24.0 Å². The molecule has 4 amide bonds. The zero-order valence-electron chi connectivity index (χ0n) is 32.6. The van der Waals surface area contributed by atoms with Crippen LogP contribution in [-0.4, -0.2) is 76.5 Å². The van der Waals surface area contributed by atoms with Crippen molar-refractivity contribution in [3.8, 4) is 22.6 Å². The predicted molar refractivity (Wildman–Crippen MR) is 218 cm³/mol. The lowest BCUT2D eigenvalue weighted by Gasteiger charge is -2.23. The number of benzene rings is 4. The van der Waals surface area contributed by atoms with E-state index in [4.69, 9.17) is 18.6 Å². The Kier molecular flexibility index (Phi) is 13.0. The summed E-state index contributed by atoms with van der Waals surface area (Å²) >= 11 is 0. The van der Waals surface area contributed by atoms with Crippen LogP contribution in [-0.2, 0) is 48.2 Å². The Morgan fingerprint density at radius 1 is 0.644 bits per heavy atom. The fourth-order valence-corrected chi connectivity index (χ4v) is 7.15. The van der Waals surface area contributed by atoms with E-state index in [0.29, 0.717) is 72.7 Å². The second-order valence-corrected chi connectivity index (χ2v) is 14.2.